The third kappa shape index (κ3) is 4.39. The lowest BCUT2D eigenvalue weighted by Gasteiger charge is -2.15. The standard InChI is InChI=1S/C16H17ClN2O2/c1-11(12-3-9-15(21-2)10-4-12)18-16(20)19-14-7-5-13(17)6-8-14/h3-11H,1-2H3,(H2,18,19,20). The topological polar surface area (TPSA) is 50.4 Å². The first-order valence-electron chi connectivity index (χ1n) is 6.55. The van der Waals surface area contributed by atoms with Crippen LogP contribution in [0.1, 0.15) is 18.5 Å². The lowest BCUT2D eigenvalue weighted by molar-refractivity contribution is 0.249. The molecule has 2 rings (SSSR count). The summed E-state index contributed by atoms with van der Waals surface area (Å²) in [6, 6.07) is 14.2. The normalized spacial score (nSPS) is 11.6. The van der Waals surface area contributed by atoms with E-state index in [-0.39, 0.29) is 12.1 Å². The summed E-state index contributed by atoms with van der Waals surface area (Å²) in [6.45, 7) is 1.92. The Morgan fingerprint density at radius 2 is 1.71 bits per heavy atom. The minimum Gasteiger partial charge on any atom is -0.497 e. The van der Waals surface area contributed by atoms with Gasteiger partial charge in [0.25, 0.3) is 0 Å². The largest absolute Gasteiger partial charge is 0.497 e. The predicted molar refractivity (Wildman–Crippen MR) is 85.0 cm³/mol. The first kappa shape index (κ1) is 15.2. The highest BCUT2D eigenvalue weighted by molar-refractivity contribution is 6.30. The number of hydrogen-bond donors (Lipinski definition) is 2. The molecule has 0 bridgehead atoms. The molecule has 5 heteroatoms. The molecular weight excluding hydrogens is 288 g/mol. The molecule has 0 aromatic heterocycles. The number of halogens is 1. The van der Waals surface area contributed by atoms with Crippen molar-refractivity contribution in [3.05, 3.63) is 59.1 Å². The molecule has 0 aliphatic carbocycles. The predicted octanol–water partition coefficient (Wildman–Crippen LogP) is 4.23. The minimum atomic E-state index is -0.263. The summed E-state index contributed by atoms with van der Waals surface area (Å²) in [6.07, 6.45) is 0. The summed E-state index contributed by atoms with van der Waals surface area (Å²) < 4.78 is 5.11. The van der Waals surface area contributed by atoms with Crippen molar-refractivity contribution in [3.8, 4) is 5.75 Å². The highest BCUT2D eigenvalue weighted by Gasteiger charge is 2.09. The summed E-state index contributed by atoms with van der Waals surface area (Å²) >= 11 is 5.80. The Kier molecular flexibility index (Phi) is 5.06. The molecule has 1 atom stereocenters. The molecule has 0 radical (unpaired) electrons. The van der Waals surface area contributed by atoms with Gasteiger partial charge in [0.05, 0.1) is 13.2 Å². The second-order valence-electron chi connectivity index (χ2n) is 4.60. The van der Waals surface area contributed by atoms with Crippen LogP contribution in [-0.2, 0) is 0 Å². The molecule has 4 nitrogen and oxygen atoms in total. The average Bonchev–Trinajstić information content (AvgIpc) is 2.49. The first-order chi connectivity index (χ1) is 10.1. The average molecular weight is 305 g/mol. The van der Waals surface area contributed by atoms with Gasteiger partial charge in [-0.15, -0.1) is 0 Å². The molecule has 0 fully saturated rings. The molecule has 1 unspecified atom stereocenters. The van der Waals surface area contributed by atoms with Crippen LogP contribution in [0.2, 0.25) is 5.02 Å². The van der Waals surface area contributed by atoms with Gasteiger partial charge < -0.3 is 15.4 Å². The van der Waals surface area contributed by atoms with Crippen LogP contribution >= 0.6 is 11.6 Å². The van der Waals surface area contributed by atoms with E-state index < -0.39 is 0 Å². The molecule has 2 aromatic rings. The summed E-state index contributed by atoms with van der Waals surface area (Å²) in [7, 11) is 1.62. The maximum Gasteiger partial charge on any atom is 0.319 e. The highest BCUT2D eigenvalue weighted by Crippen LogP contribution is 2.18. The summed E-state index contributed by atoms with van der Waals surface area (Å²) in [5, 5.41) is 6.26. The van der Waals surface area contributed by atoms with Gasteiger partial charge in [-0.3, -0.25) is 0 Å². The molecular formula is C16H17ClN2O2. The van der Waals surface area contributed by atoms with Gasteiger partial charge in [-0.2, -0.15) is 0 Å². The van der Waals surface area contributed by atoms with E-state index in [1.807, 2.05) is 31.2 Å². The van der Waals surface area contributed by atoms with Gasteiger partial charge >= 0.3 is 6.03 Å². The minimum absolute atomic E-state index is 0.108. The summed E-state index contributed by atoms with van der Waals surface area (Å²) in [5.74, 6) is 0.788. The Bertz CT molecular complexity index is 597. The van der Waals surface area contributed by atoms with Crippen molar-refractivity contribution in [2.75, 3.05) is 12.4 Å². The molecule has 2 aromatic carbocycles. The van der Waals surface area contributed by atoms with Gasteiger partial charge in [-0.05, 0) is 48.9 Å². The van der Waals surface area contributed by atoms with Crippen molar-refractivity contribution in [2.24, 2.45) is 0 Å². The number of ether oxygens (including phenoxy) is 1. The van der Waals surface area contributed by atoms with Crippen molar-refractivity contribution in [1.29, 1.82) is 0 Å². The molecule has 110 valence electrons. The molecule has 0 spiro atoms. The molecule has 0 heterocycles. The Morgan fingerprint density at radius 1 is 1.10 bits per heavy atom. The van der Waals surface area contributed by atoms with E-state index in [1.165, 1.54) is 0 Å². The van der Waals surface area contributed by atoms with Gasteiger partial charge in [0.15, 0.2) is 0 Å². The van der Waals surface area contributed by atoms with E-state index in [1.54, 1.807) is 31.4 Å². The Labute approximate surface area is 129 Å². The number of carbonyl (C=O) groups is 1. The number of urea groups is 1. The number of rotatable bonds is 4. The van der Waals surface area contributed by atoms with E-state index in [4.69, 9.17) is 16.3 Å². The third-order valence-electron chi connectivity index (χ3n) is 3.07. The number of amides is 2. The number of carbonyl (C=O) groups excluding carboxylic acids is 1. The van der Waals surface area contributed by atoms with Crippen LogP contribution in [0.4, 0.5) is 10.5 Å². The lowest BCUT2D eigenvalue weighted by atomic mass is 10.1. The molecule has 2 amide bonds. The number of anilines is 1. The van der Waals surface area contributed by atoms with Crippen LogP contribution in [-0.4, -0.2) is 13.1 Å². The summed E-state index contributed by atoms with van der Waals surface area (Å²) in [5.41, 5.74) is 1.70. The number of nitrogens with one attached hydrogen (secondary N) is 2. The molecule has 2 N–H and O–H groups in total. The van der Waals surface area contributed by atoms with E-state index in [2.05, 4.69) is 10.6 Å². The molecule has 21 heavy (non-hydrogen) atoms. The van der Waals surface area contributed by atoms with Gasteiger partial charge in [0, 0.05) is 10.7 Å². The summed E-state index contributed by atoms with van der Waals surface area (Å²) in [4.78, 5) is 11.9. The second kappa shape index (κ2) is 6.99. The maximum atomic E-state index is 11.9. The van der Waals surface area contributed by atoms with Crippen molar-refractivity contribution < 1.29 is 9.53 Å². The smallest absolute Gasteiger partial charge is 0.319 e. The quantitative estimate of drug-likeness (QED) is 0.888. The van der Waals surface area contributed by atoms with Gasteiger partial charge in [0.1, 0.15) is 5.75 Å². The van der Waals surface area contributed by atoms with E-state index >= 15 is 0 Å². The van der Waals surface area contributed by atoms with E-state index in [0.29, 0.717) is 10.7 Å². The van der Waals surface area contributed by atoms with Crippen LogP contribution < -0.4 is 15.4 Å². The Balaban J connectivity index is 1.93. The zero-order valence-electron chi connectivity index (χ0n) is 11.9. The van der Waals surface area contributed by atoms with Crippen LogP contribution in [0.25, 0.3) is 0 Å². The molecule has 0 aliphatic rings. The first-order valence-corrected chi connectivity index (χ1v) is 6.93. The van der Waals surface area contributed by atoms with Gasteiger partial charge in [0.2, 0.25) is 0 Å². The van der Waals surface area contributed by atoms with Crippen molar-refractivity contribution in [3.63, 3.8) is 0 Å². The van der Waals surface area contributed by atoms with Crippen LogP contribution in [0.3, 0.4) is 0 Å². The molecule has 0 aliphatic heterocycles. The number of methoxy groups -OCH3 is 1. The van der Waals surface area contributed by atoms with Crippen molar-refractivity contribution in [2.45, 2.75) is 13.0 Å². The Morgan fingerprint density at radius 3 is 2.29 bits per heavy atom. The van der Waals surface area contributed by atoms with Gasteiger partial charge in [-0.25, -0.2) is 4.79 Å². The fraction of sp³-hybridized carbons (Fsp3) is 0.188. The van der Waals surface area contributed by atoms with Crippen LogP contribution in [0, 0.1) is 0 Å². The van der Waals surface area contributed by atoms with E-state index in [9.17, 15) is 4.79 Å². The number of hydrogen-bond acceptors (Lipinski definition) is 2. The molecule has 0 saturated carbocycles. The third-order valence-corrected chi connectivity index (χ3v) is 3.32. The van der Waals surface area contributed by atoms with Crippen molar-refractivity contribution in [1.82, 2.24) is 5.32 Å². The van der Waals surface area contributed by atoms with Gasteiger partial charge in [-0.1, -0.05) is 23.7 Å². The second-order valence-corrected chi connectivity index (χ2v) is 5.04. The van der Waals surface area contributed by atoms with Crippen molar-refractivity contribution >= 4 is 23.3 Å². The fourth-order valence-corrected chi connectivity index (χ4v) is 2.00. The zero-order valence-corrected chi connectivity index (χ0v) is 12.6. The zero-order chi connectivity index (χ0) is 15.2. The highest BCUT2D eigenvalue weighted by atomic mass is 35.5. The van der Waals surface area contributed by atoms with E-state index in [0.717, 1.165) is 11.3 Å². The Hall–Kier alpha value is -2.20. The maximum absolute atomic E-state index is 11.9. The SMILES string of the molecule is COc1ccc(C(C)NC(=O)Nc2ccc(Cl)cc2)cc1. The lowest BCUT2D eigenvalue weighted by Crippen LogP contribution is -2.31. The van der Waals surface area contributed by atoms with Crippen LogP contribution in [0.5, 0.6) is 5.75 Å². The fourth-order valence-electron chi connectivity index (χ4n) is 1.87. The monoisotopic (exact) mass is 304 g/mol. The van der Waals surface area contributed by atoms with Crippen LogP contribution in [0.15, 0.2) is 48.5 Å². The molecule has 0 saturated heterocycles. The number of benzene rings is 2.